The fraction of sp³-hybridized carbons (Fsp3) is 1.00. The van der Waals surface area contributed by atoms with E-state index in [2.05, 4.69) is 20.8 Å². The van der Waals surface area contributed by atoms with E-state index in [4.69, 9.17) is 0 Å². The predicted molar refractivity (Wildman–Crippen MR) is 106 cm³/mol. The van der Waals surface area contributed by atoms with Crippen LogP contribution in [0.5, 0.6) is 0 Å². The summed E-state index contributed by atoms with van der Waals surface area (Å²) in [5, 5.41) is 0.624. The first kappa shape index (κ1) is 18.0. The van der Waals surface area contributed by atoms with Gasteiger partial charge in [0.1, 0.15) is 0 Å². The molecule has 0 heterocycles. The van der Waals surface area contributed by atoms with E-state index in [0.717, 1.165) is 0 Å². The van der Waals surface area contributed by atoms with Crippen LogP contribution in [0, 0.1) is 0 Å². The molecule has 0 N–H and O–H groups in total. The second-order valence-corrected chi connectivity index (χ2v) is 16.0. The summed E-state index contributed by atoms with van der Waals surface area (Å²) >= 11 is 0. The monoisotopic (exact) mass is 334 g/mol. The van der Waals surface area contributed by atoms with Gasteiger partial charge in [0.05, 0.1) is 8.07 Å². The summed E-state index contributed by atoms with van der Waals surface area (Å²) in [5.41, 5.74) is 3.51. The Balaban J connectivity index is 1.99. The summed E-state index contributed by atoms with van der Waals surface area (Å²) in [6, 6.07) is 0. The first-order valence-corrected chi connectivity index (χ1v) is 13.3. The molecule has 0 aromatic rings. The van der Waals surface area contributed by atoms with Gasteiger partial charge in [0.15, 0.2) is 0 Å². The van der Waals surface area contributed by atoms with Crippen molar-refractivity contribution in [3.8, 4) is 0 Å². The molecule has 0 atom stereocenters. The highest BCUT2D eigenvalue weighted by Crippen LogP contribution is 2.65. The number of rotatable bonds is 3. The van der Waals surface area contributed by atoms with Crippen LogP contribution in [-0.2, 0) is 0 Å². The summed E-state index contributed by atoms with van der Waals surface area (Å²) in [5.74, 6) is 0. The predicted octanol–water partition coefficient (Wildman–Crippen LogP) is 8.24. The van der Waals surface area contributed by atoms with Crippen molar-refractivity contribution in [3.05, 3.63) is 0 Å². The van der Waals surface area contributed by atoms with E-state index in [9.17, 15) is 0 Å². The minimum atomic E-state index is -1.29. The van der Waals surface area contributed by atoms with Crippen molar-refractivity contribution >= 4 is 8.07 Å². The van der Waals surface area contributed by atoms with Crippen molar-refractivity contribution in [2.45, 2.75) is 139 Å². The topological polar surface area (TPSA) is 0 Å². The van der Waals surface area contributed by atoms with Gasteiger partial charge in [-0.25, -0.2) is 0 Å². The molecule has 3 rings (SSSR count). The zero-order chi connectivity index (χ0) is 16.3. The Morgan fingerprint density at radius 3 is 0.957 bits per heavy atom. The van der Waals surface area contributed by atoms with Gasteiger partial charge in [-0.1, -0.05) is 117 Å². The van der Waals surface area contributed by atoms with Gasteiger partial charge < -0.3 is 0 Å². The van der Waals surface area contributed by atoms with Crippen molar-refractivity contribution in [1.82, 2.24) is 0 Å². The van der Waals surface area contributed by atoms with Crippen molar-refractivity contribution in [2.24, 2.45) is 0 Å². The lowest BCUT2D eigenvalue weighted by molar-refractivity contribution is 0.392. The van der Waals surface area contributed by atoms with Crippen molar-refractivity contribution in [1.29, 1.82) is 0 Å². The summed E-state index contributed by atoms with van der Waals surface area (Å²) < 4.78 is 0. The molecule has 0 unspecified atom stereocenters. The second kappa shape index (κ2) is 7.62. The molecule has 0 bridgehead atoms. The minimum Gasteiger partial charge on any atom is -0.0625 e. The molecule has 0 aliphatic heterocycles. The van der Waals surface area contributed by atoms with Crippen molar-refractivity contribution in [2.75, 3.05) is 0 Å². The Morgan fingerprint density at radius 2 is 0.739 bits per heavy atom. The maximum Gasteiger partial charge on any atom is 0.0683 e. The normalized spacial score (nSPS) is 27.3. The third kappa shape index (κ3) is 3.46. The van der Waals surface area contributed by atoms with E-state index in [1.54, 1.807) is 77.0 Å². The Bertz CT molecular complexity index is 303. The molecule has 0 aromatic heterocycles. The largest absolute Gasteiger partial charge is 0.0683 e. The quantitative estimate of drug-likeness (QED) is 0.456. The molecule has 1 heteroatoms. The van der Waals surface area contributed by atoms with Crippen LogP contribution in [0.15, 0.2) is 0 Å². The van der Waals surface area contributed by atoms with Gasteiger partial charge in [-0.05, 0) is 21.7 Å². The summed E-state index contributed by atoms with van der Waals surface area (Å²) in [7, 11) is -1.29. The zero-order valence-electron chi connectivity index (χ0n) is 16.3. The lowest BCUT2D eigenvalue weighted by atomic mass is 9.98. The van der Waals surface area contributed by atoms with Gasteiger partial charge in [-0.3, -0.25) is 0 Å². The Labute approximate surface area is 147 Å². The van der Waals surface area contributed by atoms with Crippen LogP contribution >= 0.6 is 0 Å². The Hall–Kier alpha value is 0.217. The van der Waals surface area contributed by atoms with Crippen LogP contribution in [0.25, 0.3) is 0 Å². The third-order valence-electron chi connectivity index (χ3n) is 8.14. The van der Waals surface area contributed by atoms with E-state index in [1.807, 2.05) is 0 Å². The molecule has 0 saturated heterocycles. The average molecular weight is 335 g/mol. The molecule has 3 aliphatic carbocycles. The Kier molecular flexibility index (Phi) is 5.97. The molecule has 134 valence electrons. The van der Waals surface area contributed by atoms with E-state index < -0.39 is 8.07 Å². The number of hydrogen-bond donors (Lipinski definition) is 0. The lowest BCUT2D eigenvalue weighted by Crippen LogP contribution is -2.57. The second-order valence-electron chi connectivity index (χ2n) is 10.2. The smallest absolute Gasteiger partial charge is 0.0625 e. The van der Waals surface area contributed by atoms with Gasteiger partial charge in [0.25, 0.3) is 0 Å². The van der Waals surface area contributed by atoms with E-state index in [1.165, 1.54) is 35.9 Å². The lowest BCUT2D eigenvalue weighted by Gasteiger charge is -2.60. The Morgan fingerprint density at radius 1 is 0.478 bits per heavy atom. The molecular formula is C22H42Si. The van der Waals surface area contributed by atoms with Gasteiger partial charge in [-0.15, -0.1) is 0 Å². The molecule has 3 saturated carbocycles. The standard InChI is InChI=1S/C22H42Si/c1-22(2,3)23(19-13-7-4-8-14-19,20-15-9-5-10-16-20)21-17-11-6-12-18-21/h19-21H,4-18H2,1-3H3. The van der Waals surface area contributed by atoms with Crippen LogP contribution < -0.4 is 0 Å². The molecule has 0 spiro atoms. The molecule has 3 fully saturated rings. The summed E-state index contributed by atoms with van der Waals surface area (Å²) in [4.78, 5) is 0. The van der Waals surface area contributed by atoms with Gasteiger partial charge in [-0.2, -0.15) is 0 Å². The SMILES string of the molecule is CC(C)(C)[Si](C1CCCCC1)(C1CCCCC1)C1CCCCC1. The molecule has 23 heavy (non-hydrogen) atoms. The van der Waals surface area contributed by atoms with Crippen molar-refractivity contribution < 1.29 is 0 Å². The third-order valence-corrected chi connectivity index (χ3v) is 16.5. The minimum absolute atomic E-state index is 0.624. The molecule has 3 aliphatic rings. The highest BCUT2D eigenvalue weighted by Gasteiger charge is 2.58. The average Bonchev–Trinajstić information content (AvgIpc) is 2.57. The molecule has 0 aromatic carbocycles. The van der Waals surface area contributed by atoms with Crippen LogP contribution in [0.2, 0.25) is 21.7 Å². The van der Waals surface area contributed by atoms with E-state index in [0.29, 0.717) is 5.04 Å². The zero-order valence-corrected chi connectivity index (χ0v) is 17.3. The van der Waals surface area contributed by atoms with Crippen LogP contribution in [-0.4, -0.2) is 8.07 Å². The number of hydrogen-bond acceptors (Lipinski definition) is 0. The summed E-state index contributed by atoms with van der Waals surface area (Å²) in [6.45, 7) is 8.07. The van der Waals surface area contributed by atoms with Gasteiger partial charge in [0, 0.05) is 0 Å². The first-order chi connectivity index (χ1) is 11.1. The van der Waals surface area contributed by atoms with Crippen LogP contribution in [0.3, 0.4) is 0 Å². The van der Waals surface area contributed by atoms with E-state index in [-0.39, 0.29) is 0 Å². The molecule has 0 radical (unpaired) electrons. The molecule has 0 nitrogen and oxygen atoms in total. The van der Waals surface area contributed by atoms with E-state index >= 15 is 0 Å². The summed E-state index contributed by atoms with van der Waals surface area (Å²) in [6.07, 6.45) is 23.5. The first-order valence-electron chi connectivity index (χ1n) is 11.1. The molecular weight excluding hydrogens is 292 g/mol. The van der Waals surface area contributed by atoms with Crippen LogP contribution in [0.4, 0.5) is 0 Å². The maximum atomic E-state index is 2.69. The van der Waals surface area contributed by atoms with Gasteiger partial charge >= 0.3 is 0 Å². The van der Waals surface area contributed by atoms with Crippen molar-refractivity contribution in [3.63, 3.8) is 0 Å². The maximum absolute atomic E-state index is 2.69. The van der Waals surface area contributed by atoms with Crippen LogP contribution in [0.1, 0.15) is 117 Å². The fourth-order valence-electron chi connectivity index (χ4n) is 7.58. The highest BCUT2D eigenvalue weighted by atomic mass is 28.3. The molecule has 0 amide bonds. The highest BCUT2D eigenvalue weighted by molar-refractivity contribution is 6.86. The van der Waals surface area contributed by atoms with Gasteiger partial charge in [0.2, 0.25) is 0 Å². The fourth-order valence-corrected chi connectivity index (χ4v) is 17.3.